The molecule has 2 atom stereocenters. The monoisotopic (exact) mass is 148 g/mol. The van der Waals surface area contributed by atoms with Gasteiger partial charge in [-0.15, -0.1) is 0 Å². The van der Waals surface area contributed by atoms with E-state index in [4.69, 9.17) is 20.4 Å². The first-order chi connectivity index (χ1) is 4.63. The predicted octanol–water partition coefficient (Wildman–Crippen LogP) is -1.75. The fourth-order valence-corrected chi connectivity index (χ4v) is 0.457. The molecule has 0 unspecified atom stereocenters. The smallest absolute Gasteiger partial charge is 0.100 e. The van der Waals surface area contributed by atoms with Crippen molar-refractivity contribution in [2.45, 2.75) is 12.2 Å². The number of rotatable bonds is 4. The average Bonchev–Trinajstić information content (AvgIpc) is 2.00. The molecule has 0 rings (SSSR count). The van der Waals surface area contributed by atoms with E-state index >= 15 is 0 Å². The summed E-state index contributed by atoms with van der Waals surface area (Å²) in [6, 6.07) is 0. The normalized spacial score (nSPS) is 16.4. The molecule has 10 heavy (non-hydrogen) atoms. The van der Waals surface area contributed by atoms with Crippen molar-refractivity contribution in [2.24, 2.45) is 0 Å². The summed E-state index contributed by atoms with van der Waals surface area (Å²) in [7, 11) is 0. The molecule has 0 saturated heterocycles. The molecule has 0 aromatic rings. The predicted molar refractivity (Wildman–Crippen MR) is 35.3 cm³/mol. The summed E-state index contributed by atoms with van der Waals surface area (Å²) in [5, 5.41) is 34.3. The van der Waals surface area contributed by atoms with E-state index in [1.54, 1.807) is 0 Å². The quantitative estimate of drug-likeness (QED) is 0.356. The molecular weight excluding hydrogens is 136 g/mol. The Kier molecular flexibility index (Phi) is 4.22. The van der Waals surface area contributed by atoms with Crippen LogP contribution < -0.4 is 0 Å². The molecule has 0 saturated carbocycles. The lowest BCUT2D eigenvalue weighted by Crippen LogP contribution is -2.26. The van der Waals surface area contributed by atoms with E-state index in [-0.39, 0.29) is 5.57 Å². The van der Waals surface area contributed by atoms with Crippen LogP contribution in [0, 0.1) is 0 Å². The number of aliphatic hydroxyl groups excluding tert-OH is 4. The number of hydrogen-bond donors (Lipinski definition) is 4. The summed E-state index contributed by atoms with van der Waals surface area (Å²) in [6.45, 7) is 2.30. The molecule has 0 aromatic carbocycles. The second-order valence-corrected chi connectivity index (χ2v) is 1.97. The Morgan fingerprint density at radius 2 is 1.40 bits per heavy atom. The van der Waals surface area contributed by atoms with Crippen LogP contribution in [0.4, 0.5) is 0 Å². The number of aliphatic hydroxyl groups is 4. The van der Waals surface area contributed by atoms with Gasteiger partial charge in [0.1, 0.15) is 12.2 Å². The molecule has 0 aliphatic carbocycles. The summed E-state index contributed by atoms with van der Waals surface area (Å²) < 4.78 is 0. The van der Waals surface area contributed by atoms with E-state index in [2.05, 4.69) is 6.58 Å². The zero-order chi connectivity index (χ0) is 8.15. The maximum absolute atomic E-state index is 8.81. The highest BCUT2D eigenvalue weighted by atomic mass is 16.3. The third kappa shape index (κ3) is 2.45. The fourth-order valence-electron chi connectivity index (χ4n) is 0.457. The zero-order valence-electron chi connectivity index (χ0n) is 5.56. The highest BCUT2D eigenvalue weighted by Crippen LogP contribution is 2.03. The summed E-state index contributed by atoms with van der Waals surface area (Å²) in [4.78, 5) is 0. The van der Waals surface area contributed by atoms with Gasteiger partial charge in [0.25, 0.3) is 0 Å². The molecule has 4 nitrogen and oxygen atoms in total. The molecular formula is C6H12O4. The molecule has 0 aliphatic rings. The first-order valence-corrected chi connectivity index (χ1v) is 2.90. The SMILES string of the molecule is C=C([C@H](O)CO)[C@H](O)CO. The van der Waals surface area contributed by atoms with Gasteiger partial charge in [0.05, 0.1) is 13.2 Å². The molecule has 0 aliphatic heterocycles. The largest absolute Gasteiger partial charge is 0.393 e. The Morgan fingerprint density at radius 3 is 1.60 bits per heavy atom. The Hall–Kier alpha value is -0.420. The lowest BCUT2D eigenvalue weighted by molar-refractivity contribution is 0.0685. The van der Waals surface area contributed by atoms with Gasteiger partial charge in [-0.25, -0.2) is 0 Å². The second-order valence-electron chi connectivity index (χ2n) is 1.97. The summed E-state index contributed by atoms with van der Waals surface area (Å²) >= 11 is 0. The average molecular weight is 148 g/mol. The lowest BCUT2D eigenvalue weighted by Gasteiger charge is -2.14. The Morgan fingerprint density at radius 1 is 1.10 bits per heavy atom. The second kappa shape index (κ2) is 4.40. The summed E-state index contributed by atoms with van der Waals surface area (Å²) in [6.07, 6.45) is -2.30. The Balaban J connectivity index is 3.82. The number of hydrogen-bond acceptors (Lipinski definition) is 4. The van der Waals surface area contributed by atoms with Crippen LogP contribution in [-0.4, -0.2) is 45.8 Å². The van der Waals surface area contributed by atoms with Gasteiger partial charge in [0, 0.05) is 0 Å². The van der Waals surface area contributed by atoms with Gasteiger partial charge in [-0.2, -0.15) is 0 Å². The van der Waals surface area contributed by atoms with Crippen LogP contribution in [0.5, 0.6) is 0 Å². The first-order valence-electron chi connectivity index (χ1n) is 2.90. The van der Waals surface area contributed by atoms with E-state index in [0.29, 0.717) is 0 Å². The molecule has 0 aromatic heterocycles. The fraction of sp³-hybridized carbons (Fsp3) is 0.667. The van der Waals surface area contributed by atoms with Crippen molar-refractivity contribution < 1.29 is 20.4 Å². The molecule has 4 N–H and O–H groups in total. The first kappa shape index (κ1) is 9.58. The van der Waals surface area contributed by atoms with Crippen LogP contribution in [0.15, 0.2) is 12.2 Å². The van der Waals surface area contributed by atoms with Crippen molar-refractivity contribution in [3.63, 3.8) is 0 Å². The van der Waals surface area contributed by atoms with E-state index in [1.807, 2.05) is 0 Å². The van der Waals surface area contributed by atoms with Gasteiger partial charge in [0.2, 0.25) is 0 Å². The molecule has 60 valence electrons. The van der Waals surface area contributed by atoms with Gasteiger partial charge in [-0.3, -0.25) is 0 Å². The van der Waals surface area contributed by atoms with Gasteiger partial charge in [-0.1, -0.05) is 6.58 Å². The van der Waals surface area contributed by atoms with Gasteiger partial charge in [-0.05, 0) is 5.57 Å². The molecule has 0 fully saturated rings. The van der Waals surface area contributed by atoms with Crippen LogP contribution in [0.3, 0.4) is 0 Å². The Bertz CT molecular complexity index is 100. The highest BCUT2D eigenvalue weighted by molar-refractivity contribution is 5.07. The van der Waals surface area contributed by atoms with Gasteiger partial charge < -0.3 is 20.4 Å². The van der Waals surface area contributed by atoms with Crippen LogP contribution in [-0.2, 0) is 0 Å². The topological polar surface area (TPSA) is 80.9 Å². The third-order valence-electron chi connectivity index (χ3n) is 1.20. The van der Waals surface area contributed by atoms with Crippen molar-refractivity contribution in [1.82, 2.24) is 0 Å². The minimum atomic E-state index is -1.15. The van der Waals surface area contributed by atoms with Crippen molar-refractivity contribution in [3.8, 4) is 0 Å². The van der Waals surface area contributed by atoms with Crippen molar-refractivity contribution in [1.29, 1.82) is 0 Å². The van der Waals surface area contributed by atoms with Gasteiger partial charge >= 0.3 is 0 Å². The van der Waals surface area contributed by atoms with Crippen molar-refractivity contribution >= 4 is 0 Å². The molecule has 0 amide bonds. The van der Waals surface area contributed by atoms with Crippen LogP contribution in [0.1, 0.15) is 0 Å². The Labute approximate surface area is 59.1 Å². The summed E-state index contributed by atoms with van der Waals surface area (Å²) in [5.41, 5.74) is 0.0324. The van der Waals surface area contributed by atoms with Crippen LogP contribution in [0.25, 0.3) is 0 Å². The van der Waals surface area contributed by atoms with Crippen molar-refractivity contribution in [2.75, 3.05) is 13.2 Å². The van der Waals surface area contributed by atoms with E-state index in [1.165, 1.54) is 0 Å². The van der Waals surface area contributed by atoms with E-state index in [0.717, 1.165) is 0 Å². The third-order valence-corrected chi connectivity index (χ3v) is 1.20. The zero-order valence-corrected chi connectivity index (χ0v) is 5.56. The minimum absolute atomic E-state index is 0.0324. The van der Waals surface area contributed by atoms with Gasteiger partial charge in [0.15, 0.2) is 0 Å². The van der Waals surface area contributed by atoms with Crippen LogP contribution >= 0.6 is 0 Å². The van der Waals surface area contributed by atoms with Crippen molar-refractivity contribution in [3.05, 3.63) is 12.2 Å². The highest BCUT2D eigenvalue weighted by Gasteiger charge is 2.14. The molecule has 0 bridgehead atoms. The van der Waals surface area contributed by atoms with Crippen LogP contribution in [0.2, 0.25) is 0 Å². The van der Waals surface area contributed by atoms with E-state index < -0.39 is 25.4 Å². The maximum atomic E-state index is 8.81. The standard InChI is InChI=1S/C6H12O4/c1-4(5(9)2-7)6(10)3-8/h5-10H,1-3H2/t5-,6-/m1/s1. The molecule has 0 heterocycles. The summed E-state index contributed by atoms with van der Waals surface area (Å²) in [5.74, 6) is 0. The maximum Gasteiger partial charge on any atom is 0.100 e. The lowest BCUT2D eigenvalue weighted by atomic mass is 10.1. The minimum Gasteiger partial charge on any atom is -0.393 e. The molecule has 0 spiro atoms. The van der Waals surface area contributed by atoms with E-state index in [9.17, 15) is 0 Å². The molecule has 4 heteroatoms. The molecule has 0 radical (unpaired) electrons.